The smallest absolute Gasteiger partial charge is 0.293 e. The zero-order valence-electron chi connectivity index (χ0n) is 4.67. The van der Waals surface area contributed by atoms with E-state index in [4.69, 9.17) is 6.54 Å². The summed E-state index contributed by atoms with van der Waals surface area (Å²) in [5, 5.41) is 12.0. The van der Waals surface area contributed by atoms with Crippen LogP contribution >= 0.6 is 0 Å². The van der Waals surface area contributed by atoms with Crippen molar-refractivity contribution in [2.75, 3.05) is 0 Å². The first-order chi connectivity index (χ1) is 4.18. The Morgan fingerprint density at radius 1 is 1.25 bits per heavy atom. The molecule has 0 fully saturated rings. The molecule has 42 valence electrons. The Kier molecular flexibility index (Phi) is 0.498. The van der Waals surface area contributed by atoms with E-state index >= 15 is 0 Å². The minimum absolute atomic E-state index is 0.569. The Hall–Kier alpha value is -1.32. The van der Waals surface area contributed by atoms with E-state index in [1.165, 1.54) is 0 Å². The second-order valence-electron chi connectivity index (χ2n) is 1.34. The van der Waals surface area contributed by atoms with Crippen molar-refractivity contribution in [3.8, 4) is 11.5 Å². The molecule has 0 aliphatic heterocycles. The van der Waals surface area contributed by atoms with Crippen molar-refractivity contribution in [1.82, 2.24) is 0 Å². The molecule has 0 heterocycles. The van der Waals surface area contributed by atoms with Gasteiger partial charge in [0.25, 0.3) is 12.3 Å². The summed E-state index contributed by atoms with van der Waals surface area (Å²) in [5.74, 6) is -1.32. The van der Waals surface area contributed by atoms with Gasteiger partial charge in [0.2, 0.25) is 11.5 Å². The van der Waals surface area contributed by atoms with Gasteiger partial charge < -0.3 is 10.2 Å². The molecule has 4 heteroatoms. The third-order valence-electron chi connectivity index (χ3n) is 0.843. The van der Waals surface area contributed by atoms with Crippen LogP contribution in [0, 0.1) is 0 Å². The lowest BCUT2D eigenvalue weighted by Crippen LogP contribution is -2.28. The molecular weight excluding hydrogens is 112 g/mol. The van der Waals surface area contributed by atoms with Gasteiger partial charge in [-0.05, 0) is 0 Å². The fourth-order valence-electron chi connectivity index (χ4n) is 0.359. The molecule has 0 saturated heterocycles. The first-order valence-corrected chi connectivity index (χ1v) is 1.84. The van der Waals surface area contributed by atoms with Crippen LogP contribution < -0.4 is 10.9 Å². The third-order valence-corrected chi connectivity index (χ3v) is 0.843. The lowest BCUT2D eigenvalue weighted by Gasteiger charge is -1.92. The first kappa shape index (κ1) is 3.65. The fraction of sp³-hybridized carbons (Fsp3) is 0. The lowest BCUT2D eigenvalue weighted by atomic mass is 10.2. The molecule has 0 bridgehead atoms. The summed E-state index contributed by atoms with van der Waals surface area (Å²) in [4.78, 5) is 20.3. The first-order valence-electron chi connectivity index (χ1n) is 2.24. The van der Waals surface area contributed by atoms with Gasteiger partial charge in [0.1, 0.15) is 0 Å². The van der Waals surface area contributed by atoms with Crippen LogP contribution in [0.2, 0.25) is 0 Å². The molecule has 0 aliphatic rings. The van der Waals surface area contributed by atoms with E-state index in [0.717, 1.165) is 0 Å². The molecule has 2 N–H and O–H groups in total. The highest BCUT2D eigenvalue weighted by Crippen LogP contribution is 2.13. The van der Waals surface area contributed by atoms with Crippen molar-refractivity contribution in [1.29, 1.82) is 1.43 Å². The minimum Gasteiger partial charge on any atom is -0.501 e. The van der Waals surface area contributed by atoms with Gasteiger partial charge >= 0.3 is 0 Å². The van der Waals surface area contributed by atoms with Crippen LogP contribution in [0.4, 0.5) is 0 Å². The van der Waals surface area contributed by atoms with Gasteiger partial charge in [0, 0.05) is 0 Å². The van der Waals surface area contributed by atoms with Gasteiger partial charge in [-0.1, -0.05) is 0 Å². The second-order valence-corrected chi connectivity index (χ2v) is 1.34. The number of rotatable bonds is 1. The van der Waals surface area contributed by atoms with Crippen LogP contribution in [0.5, 0.6) is 11.5 Å². The van der Waals surface area contributed by atoms with Gasteiger partial charge in [-0.2, -0.15) is 0 Å². The fourth-order valence-corrected chi connectivity index (χ4v) is 0.359. The topological polar surface area (TPSA) is 74.6 Å². The van der Waals surface area contributed by atoms with E-state index in [2.05, 4.69) is 5.11 Å². The molecule has 0 unspecified atom stereocenters. The zero-order valence-corrected chi connectivity index (χ0v) is 3.67. The Labute approximate surface area is 44.8 Å². The van der Waals surface area contributed by atoms with Gasteiger partial charge in [-0.25, -0.2) is 0 Å². The van der Waals surface area contributed by atoms with E-state index in [-0.39, 0.29) is 0 Å². The number of hydrogen-bond acceptors (Lipinski definition) is 4. The average molecular weight is 115 g/mol. The van der Waals surface area contributed by atoms with Crippen molar-refractivity contribution in [3.05, 3.63) is 20.4 Å². The molecule has 0 aromatic heterocycles. The summed E-state index contributed by atoms with van der Waals surface area (Å²) in [5.41, 5.74) is -1.93. The molecule has 1 aromatic rings. The minimum atomic E-state index is -0.989. The van der Waals surface area contributed by atoms with E-state index in [1.54, 1.807) is 0 Å². The van der Waals surface area contributed by atoms with Crippen LogP contribution in [0.3, 0.4) is 0 Å². The summed E-state index contributed by atoms with van der Waals surface area (Å²) in [6.45, 7) is 0. The molecule has 0 radical (unpaired) electrons. The number of hydrogen-bond donors (Lipinski definition) is 2. The quantitative estimate of drug-likeness (QED) is 0.446. The second kappa shape index (κ2) is 1.09. The van der Waals surface area contributed by atoms with E-state index in [0.29, 0.717) is 0 Å². The van der Waals surface area contributed by atoms with Crippen LogP contribution in [0.25, 0.3) is 0 Å². The van der Waals surface area contributed by atoms with Gasteiger partial charge in [0.05, 0.1) is 0 Å². The summed E-state index contributed by atoms with van der Waals surface area (Å²) in [7, 11) is 0. The van der Waals surface area contributed by atoms with E-state index in [9.17, 15) is 9.59 Å². The average Bonchev–Trinajstić information content (AvgIpc) is 1.89. The Balaban J connectivity index is 3.25. The standard InChI is InChI=1S/C4H2O4/c5-1-2(6)4(8)3(1)7/h5-6H/i/hD. The Bertz CT molecular complexity index is 295. The van der Waals surface area contributed by atoms with Gasteiger partial charge in [-0.15, -0.1) is 0 Å². The van der Waals surface area contributed by atoms with Crippen LogP contribution in [0.15, 0.2) is 9.59 Å². The van der Waals surface area contributed by atoms with E-state index < -0.39 is 22.4 Å². The van der Waals surface area contributed by atoms with Crippen molar-refractivity contribution in [2.24, 2.45) is 0 Å². The normalized spacial score (nSPS) is 11.2. The maximum atomic E-state index is 10.2. The molecule has 0 saturated carbocycles. The van der Waals surface area contributed by atoms with E-state index in [1.807, 2.05) is 0 Å². The van der Waals surface area contributed by atoms with Crippen molar-refractivity contribution in [2.45, 2.75) is 0 Å². The molecule has 0 atom stereocenters. The van der Waals surface area contributed by atoms with Gasteiger partial charge in [-0.3, -0.25) is 9.59 Å². The summed E-state index contributed by atoms with van der Waals surface area (Å²) >= 11 is 0. The molecule has 1 aromatic carbocycles. The maximum absolute atomic E-state index is 10.2. The summed E-state index contributed by atoms with van der Waals surface area (Å²) in [6.07, 6.45) is 0. The molecule has 0 amide bonds. The molecule has 4 nitrogen and oxygen atoms in total. The predicted molar refractivity (Wildman–Crippen MR) is 24.7 cm³/mol. The summed E-state index contributed by atoms with van der Waals surface area (Å²) < 4.78 is 6.12. The maximum Gasteiger partial charge on any atom is 0.293 e. The highest BCUT2D eigenvalue weighted by Gasteiger charge is 2.17. The highest BCUT2D eigenvalue weighted by molar-refractivity contribution is 5.42. The van der Waals surface area contributed by atoms with Crippen molar-refractivity contribution < 1.29 is 10.2 Å². The summed E-state index contributed by atoms with van der Waals surface area (Å²) in [6, 6.07) is 0. The monoisotopic (exact) mass is 115 g/mol. The predicted octanol–water partition coefficient (Wildman–Crippen LogP) is -1.31. The molecule has 0 spiro atoms. The molecule has 0 aliphatic carbocycles. The molecule has 8 heavy (non-hydrogen) atoms. The largest absolute Gasteiger partial charge is 0.501 e. The van der Waals surface area contributed by atoms with Crippen LogP contribution in [-0.4, -0.2) is 11.6 Å². The lowest BCUT2D eigenvalue weighted by molar-refractivity contribution is 0.384. The molecule has 1 rings (SSSR count). The SMILES string of the molecule is [2H]Oc1c(O)c(=O)c1=O. The third kappa shape index (κ3) is 0.294. The highest BCUT2D eigenvalue weighted by atomic mass is 16.3. The Morgan fingerprint density at radius 3 is 2.00 bits per heavy atom. The van der Waals surface area contributed by atoms with Crippen LogP contribution in [0.1, 0.15) is 0 Å². The van der Waals surface area contributed by atoms with Crippen molar-refractivity contribution >= 4 is 0 Å². The van der Waals surface area contributed by atoms with Crippen molar-refractivity contribution in [3.63, 3.8) is 0 Å². The number of aromatic hydroxyl groups is 2. The zero-order chi connectivity index (χ0) is 7.02. The van der Waals surface area contributed by atoms with Crippen LogP contribution in [-0.2, 0) is 0 Å². The molecular formula is C4H2O4. The van der Waals surface area contributed by atoms with Gasteiger partial charge in [0.15, 0.2) is 0 Å². The Morgan fingerprint density at radius 2 is 1.75 bits per heavy atom.